The van der Waals surface area contributed by atoms with Gasteiger partial charge in [0.25, 0.3) is 5.91 Å². The van der Waals surface area contributed by atoms with Crippen molar-refractivity contribution in [2.75, 3.05) is 51.8 Å². The molecule has 3 rings (SSSR count). The van der Waals surface area contributed by atoms with Crippen molar-refractivity contribution >= 4 is 33.4 Å². The lowest BCUT2D eigenvalue weighted by molar-refractivity contribution is -0.126. The minimum Gasteiger partial charge on any atom is -0.355 e. The minimum atomic E-state index is -0.122. The molecule has 1 saturated heterocycles. The molecule has 2 aromatic rings. The molecule has 2 amide bonds. The second-order valence-corrected chi connectivity index (χ2v) is 10.7. The monoisotopic (exact) mass is 460 g/mol. The molecule has 0 unspecified atom stereocenters. The molecule has 0 radical (unpaired) electrons. The zero-order chi connectivity index (χ0) is 22.1. The van der Waals surface area contributed by atoms with Crippen LogP contribution >= 0.6 is 21.6 Å². The van der Waals surface area contributed by atoms with Crippen LogP contribution in [0.25, 0.3) is 5.69 Å². The third-order valence-electron chi connectivity index (χ3n) is 5.29. The summed E-state index contributed by atoms with van der Waals surface area (Å²) in [6.07, 6.45) is 5.66. The molecule has 2 heterocycles. The van der Waals surface area contributed by atoms with Gasteiger partial charge in [-0.2, -0.15) is 0 Å². The summed E-state index contributed by atoms with van der Waals surface area (Å²) < 4.78 is 2.01. The smallest absolute Gasteiger partial charge is 0.253 e. The summed E-state index contributed by atoms with van der Waals surface area (Å²) >= 11 is 0. The molecule has 1 aromatic heterocycles. The second-order valence-electron chi connectivity index (χ2n) is 7.97. The highest BCUT2D eigenvalue weighted by Crippen LogP contribution is 2.21. The average molecular weight is 461 g/mol. The van der Waals surface area contributed by atoms with Crippen LogP contribution in [0.15, 0.2) is 48.8 Å². The van der Waals surface area contributed by atoms with E-state index in [1.54, 1.807) is 10.8 Å². The topological polar surface area (TPSA) is 57.6 Å². The summed E-state index contributed by atoms with van der Waals surface area (Å²) in [6.45, 7) is 2.93. The van der Waals surface area contributed by atoms with E-state index < -0.39 is 0 Å². The molecule has 0 bridgehead atoms. The molecule has 0 aliphatic carbocycles. The van der Waals surface area contributed by atoms with Gasteiger partial charge < -0.3 is 19.7 Å². The van der Waals surface area contributed by atoms with E-state index in [0.717, 1.165) is 36.6 Å². The molecule has 168 valence electrons. The molecular weight excluding hydrogens is 428 g/mol. The van der Waals surface area contributed by atoms with Crippen LogP contribution in [0, 0.1) is 5.92 Å². The number of carbonyl (C=O) groups is 2. The zero-order valence-corrected chi connectivity index (χ0v) is 20.0. The van der Waals surface area contributed by atoms with Gasteiger partial charge in [-0.05, 0) is 63.3 Å². The quantitative estimate of drug-likeness (QED) is 0.435. The van der Waals surface area contributed by atoms with Gasteiger partial charge in [0.2, 0.25) is 5.91 Å². The van der Waals surface area contributed by atoms with Crippen LogP contribution in [-0.4, -0.2) is 78.0 Å². The fraction of sp³-hybridized carbons (Fsp3) is 0.478. The number of nitrogens with one attached hydrogen (secondary N) is 1. The van der Waals surface area contributed by atoms with Crippen LogP contribution in [-0.2, 0) is 4.79 Å². The number of carbonyl (C=O) groups excluding carboxylic acids is 2. The fourth-order valence-electron chi connectivity index (χ4n) is 3.54. The van der Waals surface area contributed by atoms with Gasteiger partial charge in [0.15, 0.2) is 0 Å². The summed E-state index contributed by atoms with van der Waals surface area (Å²) in [5, 5.41) is 3.05. The summed E-state index contributed by atoms with van der Waals surface area (Å²) in [7, 11) is 7.78. The minimum absolute atomic E-state index is 0.00408. The molecule has 1 N–H and O–H groups in total. The molecule has 1 atom stereocenters. The van der Waals surface area contributed by atoms with Crippen LogP contribution in [0.5, 0.6) is 0 Å². The normalized spacial score (nSPS) is 16.5. The van der Waals surface area contributed by atoms with Gasteiger partial charge >= 0.3 is 0 Å². The standard InChI is InChI=1S/C23H32N4O2S2/c1-25(2)15-17-31-30-16-11-24-22(28)20-6-5-14-27(18-20)23(29)19-7-9-21(10-8-19)26-12-3-4-13-26/h3-4,7-10,12-13,20H,5-6,11,14-18H2,1-2H3,(H,24,28)/t20-/m0/s1. The number of rotatable bonds is 10. The molecular formula is C23H32N4O2S2. The number of hydrogen-bond donors (Lipinski definition) is 1. The van der Waals surface area contributed by atoms with Gasteiger partial charge in [0, 0.05) is 61.3 Å². The van der Waals surface area contributed by atoms with Crippen molar-refractivity contribution in [2.24, 2.45) is 5.92 Å². The number of likely N-dealkylation sites (tertiary alicyclic amines) is 1. The number of benzene rings is 1. The first-order valence-electron chi connectivity index (χ1n) is 10.7. The highest BCUT2D eigenvalue weighted by Gasteiger charge is 2.28. The predicted molar refractivity (Wildman–Crippen MR) is 131 cm³/mol. The van der Waals surface area contributed by atoms with E-state index in [1.165, 1.54) is 0 Å². The number of piperidine rings is 1. The third-order valence-corrected chi connectivity index (χ3v) is 7.67. The zero-order valence-electron chi connectivity index (χ0n) is 18.3. The lowest BCUT2D eigenvalue weighted by atomic mass is 9.96. The molecule has 1 aliphatic heterocycles. The second kappa shape index (κ2) is 12.2. The first kappa shape index (κ1) is 23.8. The van der Waals surface area contributed by atoms with Crippen LogP contribution < -0.4 is 5.32 Å². The molecule has 1 fully saturated rings. The molecule has 1 aliphatic rings. The average Bonchev–Trinajstić information content (AvgIpc) is 3.33. The molecule has 0 saturated carbocycles. The van der Waals surface area contributed by atoms with Crippen molar-refractivity contribution in [2.45, 2.75) is 12.8 Å². The van der Waals surface area contributed by atoms with Gasteiger partial charge in [-0.25, -0.2) is 0 Å². The van der Waals surface area contributed by atoms with E-state index in [0.29, 0.717) is 25.2 Å². The van der Waals surface area contributed by atoms with Crippen molar-refractivity contribution in [1.29, 1.82) is 0 Å². The van der Waals surface area contributed by atoms with Crippen LogP contribution in [0.1, 0.15) is 23.2 Å². The first-order chi connectivity index (χ1) is 15.0. The molecule has 8 heteroatoms. The van der Waals surface area contributed by atoms with E-state index in [4.69, 9.17) is 0 Å². The molecule has 1 aromatic carbocycles. The lowest BCUT2D eigenvalue weighted by Gasteiger charge is -2.32. The summed E-state index contributed by atoms with van der Waals surface area (Å²) in [5.74, 6) is 1.93. The largest absolute Gasteiger partial charge is 0.355 e. The Bertz CT molecular complexity index is 825. The van der Waals surface area contributed by atoms with E-state index in [1.807, 2.05) is 69.1 Å². The Morgan fingerprint density at radius 1 is 1.10 bits per heavy atom. The maximum absolute atomic E-state index is 13.0. The Kier molecular flexibility index (Phi) is 9.36. The predicted octanol–water partition coefficient (Wildman–Crippen LogP) is 3.39. The Morgan fingerprint density at radius 3 is 2.52 bits per heavy atom. The Labute approximate surface area is 193 Å². The van der Waals surface area contributed by atoms with Gasteiger partial charge in [-0.1, -0.05) is 21.6 Å². The number of hydrogen-bond acceptors (Lipinski definition) is 5. The molecule has 6 nitrogen and oxygen atoms in total. The highest BCUT2D eigenvalue weighted by molar-refractivity contribution is 8.76. The van der Waals surface area contributed by atoms with Crippen molar-refractivity contribution in [3.05, 3.63) is 54.4 Å². The summed E-state index contributed by atoms with van der Waals surface area (Å²) in [4.78, 5) is 29.5. The Hall–Kier alpha value is -1.90. The third kappa shape index (κ3) is 7.33. The van der Waals surface area contributed by atoms with Crippen LogP contribution in [0.3, 0.4) is 0 Å². The van der Waals surface area contributed by atoms with Crippen molar-refractivity contribution < 1.29 is 9.59 Å². The van der Waals surface area contributed by atoms with E-state index in [-0.39, 0.29) is 17.7 Å². The Balaban J connectivity index is 1.43. The van der Waals surface area contributed by atoms with E-state index in [9.17, 15) is 9.59 Å². The SMILES string of the molecule is CN(C)CCSSCCNC(=O)[C@H]1CCCN(C(=O)c2ccc(-n3cccc3)cc2)C1. The molecule has 0 spiro atoms. The maximum Gasteiger partial charge on any atom is 0.253 e. The number of aromatic nitrogens is 1. The van der Waals surface area contributed by atoms with Crippen molar-refractivity contribution in [3.63, 3.8) is 0 Å². The number of amides is 2. The first-order valence-corrected chi connectivity index (χ1v) is 13.2. The van der Waals surface area contributed by atoms with Gasteiger partial charge in [-0.15, -0.1) is 0 Å². The fourth-order valence-corrected chi connectivity index (χ4v) is 5.58. The maximum atomic E-state index is 13.0. The van der Waals surface area contributed by atoms with E-state index in [2.05, 4.69) is 24.3 Å². The van der Waals surface area contributed by atoms with Gasteiger partial charge in [0.05, 0.1) is 5.92 Å². The molecule has 31 heavy (non-hydrogen) atoms. The summed E-state index contributed by atoms with van der Waals surface area (Å²) in [6, 6.07) is 11.6. The van der Waals surface area contributed by atoms with Crippen molar-refractivity contribution in [3.8, 4) is 5.69 Å². The van der Waals surface area contributed by atoms with Crippen LogP contribution in [0.2, 0.25) is 0 Å². The van der Waals surface area contributed by atoms with Crippen molar-refractivity contribution in [1.82, 2.24) is 19.7 Å². The number of nitrogens with zero attached hydrogens (tertiary/aromatic N) is 3. The lowest BCUT2D eigenvalue weighted by Crippen LogP contribution is -2.45. The van der Waals surface area contributed by atoms with Gasteiger partial charge in [-0.3, -0.25) is 9.59 Å². The van der Waals surface area contributed by atoms with Gasteiger partial charge in [0.1, 0.15) is 0 Å². The van der Waals surface area contributed by atoms with Crippen LogP contribution in [0.4, 0.5) is 0 Å². The Morgan fingerprint density at radius 2 is 1.81 bits per heavy atom. The van der Waals surface area contributed by atoms with E-state index >= 15 is 0 Å². The highest BCUT2D eigenvalue weighted by atomic mass is 33.1. The summed E-state index contributed by atoms with van der Waals surface area (Å²) in [5.41, 5.74) is 1.69.